The largest absolute Gasteiger partial charge is 0.340 e. The first kappa shape index (κ1) is 11.6. The van der Waals surface area contributed by atoms with Crippen molar-refractivity contribution in [1.82, 2.24) is 4.90 Å². The number of carbonyl (C=O) groups is 1. The summed E-state index contributed by atoms with van der Waals surface area (Å²) in [6, 6.07) is 0.307. The van der Waals surface area contributed by atoms with Gasteiger partial charge in [-0.25, -0.2) is 0 Å². The molecule has 0 saturated heterocycles. The van der Waals surface area contributed by atoms with Crippen LogP contribution >= 0.6 is 12.2 Å². The summed E-state index contributed by atoms with van der Waals surface area (Å²) in [7, 11) is 0. The zero-order valence-corrected chi connectivity index (χ0v) is 10.1. The highest BCUT2D eigenvalue weighted by Crippen LogP contribution is 2.25. The normalized spacial score (nSPS) is 21.7. The van der Waals surface area contributed by atoms with Gasteiger partial charge < -0.3 is 4.90 Å². The Hall–Kier alpha value is -0.440. The molecule has 0 heterocycles. The molecular formula is C11H19NOS. The maximum absolute atomic E-state index is 12.0. The first-order chi connectivity index (χ1) is 6.56. The molecule has 0 aliphatic heterocycles. The SMILES string of the molecule is CCN(C(=O)C1CCC(=S)C1)C(C)C. The summed E-state index contributed by atoms with van der Waals surface area (Å²) in [5.74, 6) is 0.465. The van der Waals surface area contributed by atoms with E-state index in [9.17, 15) is 4.79 Å². The van der Waals surface area contributed by atoms with Crippen molar-refractivity contribution in [3.05, 3.63) is 0 Å². The van der Waals surface area contributed by atoms with Gasteiger partial charge in [0.1, 0.15) is 0 Å². The van der Waals surface area contributed by atoms with E-state index < -0.39 is 0 Å². The smallest absolute Gasteiger partial charge is 0.226 e. The predicted octanol–water partition coefficient (Wildman–Crippen LogP) is 2.41. The summed E-state index contributed by atoms with van der Waals surface area (Å²) in [6.07, 6.45) is 2.75. The molecule has 1 amide bonds. The average molecular weight is 213 g/mol. The molecule has 0 aromatic heterocycles. The molecule has 2 nitrogen and oxygen atoms in total. The van der Waals surface area contributed by atoms with Crippen molar-refractivity contribution >= 4 is 23.0 Å². The van der Waals surface area contributed by atoms with E-state index in [1.807, 2.05) is 11.8 Å². The van der Waals surface area contributed by atoms with Gasteiger partial charge in [-0.1, -0.05) is 12.2 Å². The fourth-order valence-corrected chi connectivity index (χ4v) is 2.35. The van der Waals surface area contributed by atoms with Crippen molar-refractivity contribution in [3.63, 3.8) is 0 Å². The van der Waals surface area contributed by atoms with E-state index >= 15 is 0 Å². The first-order valence-electron chi connectivity index (χ1n) is 5.38. The monoisotopic (exact) mass is 213 g/mol. The molecule has 1 atom stereocenters. The van der Waals surface area contributed by atoms with Crippen molar-refractivity contribution in [2.75, 3.05) is 6.54 Å². The second-order valence-corrected chi connectivity index (χ2v) is 4.77. The molecule has 1 fully saturated rings. The maximum atomic E-state index is 12.0. The Morgan fingerprint density at radius 2 is 2.29 bits per heavy atom. The lowest BCUT2D eigenvalue weighted by Gasteiger charge is -2.27. The van der Waals surface area contributed by atoms with E-state index in [1.54, 1.807) is 0 Å². The molecule has 0 N–H and O–H groups in total. The minimum atomic E-state index is 0.171. The van der Waals surface area contributed by atoms with Gasteiger partial charge in [-0.05, 0) is 44.9 Å². The third kappa shape index (κ3) is 2.53. The van der Waals surface area contributed by atoms with Crippen molar-refractivity contribution < 1.29 is 4.79 Å². The summed E-state index contributed by atoms with van der Waals surface area (Å²) in [5, 5.41) is 0. The van der Waals surface area contributed by atoms with Crippen LogP contribution in [-0.2, 0) is 4.79 Å². The Morgan fingerprint density at radius 3 is 2.64 bits per heavy atom. The molecule has 1 rings (SSSR count). The lowest BCUT2D eigenvalue weighted by atomic mass is 10.1. The number of thiocarbonyl (C=S) groups is 1. The third-order valence-electron chi connectivity index (χ3n) is 2.84. The van der Waals surface area contributed by atoms with Crippen LogP contribution in [0.15, 0.2) is 0 Å². The van der Waals surface area contributed by atoms with Gasteiger partial charge in [0.25, 0.3) is 0 Å². The van der Waals surface area contributed by atoms with E-state index in [2.05, 4.69) is 13.8 Å². The van der Waals surface area contributed by atoms with Crippen LogP contribution < -0.4 is 0 Å². The quantitative estimate of drug-likeness (QED) is 0.671. The number of rotatable bonds is 3. The number of hydrogen-bond donors (Lipinski definition) is 0. The Morgan fingerprint density at radius 1 is 1.64 bits per heavy atom. The van der Waals surface area contributed by atoms with E-state index in [-0.39, 0.29) is 5.92 Å². The van der Waals surface area contributed by atoms with Crippen molar-refractivity contribution in [2.45, 2.75) is 46.1 Å². The predicted molar refractivity (Wildman–Crippen MR) is 62.5 cm³/mol. The minimum absolute atomic E-state index is 0.171. The molecule has 0 radical (unpaired) electrons. The Labute approximate surface area is 91.7 Å². The summed E-state index contributed by atoms with van der Waals surface area (Å²) in [6.45, 7) is 6.97. The lowest BCUT2D eigenvalue weighted by Crippen LogP contribution is -2.40. The van der Waals surface area contributed by atoms with Crippen LogP contribution in [0.5, 0.6) is 0 Å². The molecule has 1 saturated carbocycles. The summed E-state index contributed by atoms with van der Waals surface area (Å²) in [5.41, 5.74) is 0. The third-order valence-corrected chi connectivity index (χ3v) is 3.21. The number of amides is 1. The molecule has 0 bridgehead atoms. The molecule has 14 heavy (non-hydrogen) atoms. The van der Waals surface area contributed by atoms with Gasteiger partial charge >= 0.3 is 0 Å². The molecule has 3 heteroatoms. The Bertz CT molecular complexity index is 237. The first-order valence-corrected chi connectivity index (χ1v) is 5.79. The minimum Gasteiger partial charge on any atom is -0.340 e. The molecule has 0 spiro atoms. The van der Waals surface area contributed by atoms with Crippen LogP contribution in [0.2, 0.25) is 0 Å². The van der Waals surface area contributed by atoms with E-state index in [1.165, 1.54) is 0 Å². The highest BCUT2D eigenvalue weighted by atomic mass is 32.1. The van der Waals surface area contributed by atoms with Crippen LogP contribution in [-0.4, -0.2) is 28.3 Å². The lowest BCUT2D eigenvalue weighted by molar-refractivity contribution is -0.136. The van der Waals surface area contributed by atoms with Gasteiger partial charge in [-0.15, -0.1) is 0 Å². The fraction of sp³-hybridized carbons (Fsp3) is 0.818. The molecule has 0 aromatic carbocycles. The van der Waals surface area contributed by atoms with E-state index in [0.717, 1.165) is 30.7 Å². The molecule has 1 aliphatic rings. The molecule has 1 aliphatic carbocycles. The highest BCUT2D eigenvalue weighted by Gasteiger charge is 2.29. The highest BCUT2D eigenvalue weighted by molar-refractivity contribution is 7.80. The second kappa shape index (κ2) is 4.87. The maximum Gasteiger partial charge on any atom is 0.226 e. The molecule has 1 unspecified atom stereocenters. The number of carbonyl (C=O) groups excluding carboxylic acids is 1. The Balaban J connectivity index is 2.59. The standard InChI is InChI=1S/C11H19NOS/c1-4-12(8(2)3)11(13)9-5-6-10(14)7-9/h8-9H,4-7H2,1-3H3. The average Bonchev–Trinajstić information content (AvgIpc) is 2.52. The van der Waals surface area contributed by atoms with Crippen LogP contribution in [0.4, 0.5) is 0 Å². The second-order valence-electron chi connectivity index (χ2n) is 4.20. The number of nitrogens with zero attached hydrogens (tertiary/aromatic N) is 1. The van der Waals surface area contributed by atoms with Crippen molar-refractivity contribution in [3.8, 4) is 0 Å². The summed E-state index contributed by atoms with van der Waals surface area (Å²) < 4.78 is 0. The van der Waals surface area contributed by atoms with Gasteiger partial charge in [-0.3, -0.25) is 4.79 Å². The topological polar surface area (TPSA) is 20.3 Å². The van der Waals surface area contributed by atoms with Gasteiger partial charge in [0.2, 0.25) is 5.91 Å². The molecular weight excluding hydrogens is 194 g/mol. The van der Waals surface area contributed by atoms with Crippen LogP contribution in [0, 0.1) is 5.92 Å². The zero-order chi connectivity index (χ0) is 10.7. The van der Waals surface area contributed by atoms with Gasteiger partial charge in [0.15, 0.2) is 0 Å². The van der Waals surface area contributed by atoms with Gasteiger partial charge in [0.05, 0.1) is 0 Å². The summed E-state index contributed by atoms with van der Waals surface area (Å²) in [4.78, 5) is 15.0. The van der Waals surface area contributed by atoms with Gasteiger partial charge in [0, 0.05) is 18.5 Å². The molecule has 80 valence electrons. The van der Waals surface area contributed by atoms with Gasteiger partial charge in [-0.2, -0.15) is 0 Å². The van der Waals surface area contributed by atoms with Crippen molar-refractivity contribution in [2.24, 2.45) is 5.92 Å². The zero-order valence-electron chi connectivity index (χ0n) is 9.25. The fourth-order valence-electron chi connectivity index (χ4n) is 2.03. The van der Waals surface area contributed by atoms with Crippen LogP contribution in [0.1, 0.15) is 40.0 Å². The van der Waals surface area contributed by atoms with Crippen molar-refractivity contribution in [1.29, 1.82) is 0 Å². The van der Waals surface area contributed by atoms with Crippen LogP contribution in [0.25, 0.3) is 0 Å². The Kier molecular flexibility index (Phi) is 4.05. The van der Waals surface area contributed by atoms with Crippen LogP contribution in [0.3, 0.4) is 0 Å². The molecule has 0 aromatic rings. The summed E-state index contributed by atoms with van der Waals surface area (Å²) >= 11 is 5.13. The number of hydrogen-bond acceptors (Lipinski definition) is 2. The van der Waals surface area contributed by atoms with E-state index in [4.69, 9.17) is 12.2 Å². The van der Waals surface area contributed by atoms with E-state index in [0.29, 0.717) is 11.9 Å².